The number of carbonyl (C=O) groups is 1. The van der Waals surface area contributed by atoms with Gasteiger partial charge >= 0.3 is 0 Å². The van der Waals surface area contributed by atoms with Gasteiger partial charge in [-0.1, -0.05) is 12.1 Å². The van der Waals surface area contributed by atoms with Crippen molar-refractivity contribution in [3.8, 4) is 10.6 Å². The number of hydrogen-bond donors (Lipinski definition) is 1. The quantitative estimate of drug-likeness (QED) is 0.540. The molecule has 1 N–H and O–H groups in total. The van der Waals surface area contributed by atoms with Gasteiger partial charge in [0.2, 0.25) is 5.91 Å². The van der Waals surface area contributed by atoms with Gasteiger partial charge in [0.25, 0.3) is 0 Å². The fourth-order valence-electron chi connectivity index (χ4n) is 6.74. The predicted octanol–water partition coefficient (Wildman–Crippen LogP) is 6.51. The summed E-state index contributed by atoms with van der Waals surface area (Å²) in [6.07, 6.45) is 8.82. The lowest BCUT2D eigenvalue weighted by Gasteiger charge is -2.56. The number of benzene rings is 2. The number of para-hydroxylation sites is 1. The average molecular weight is 403 g/mol. The van der Waals surface area contributed by atoms with Gasteiger partial charge in [0.05, 0.1) is 10.2 Å². The molecule has 3 aromatic rings. The van der Waals surface area contributed by atoms with E-state index in [9.17, 15) is 4.79 Å². The molecule has 2 aromatic carbocycles. The predicted molar refractivity (Wildman–Crippen MR) is 119 cm³/mol. The van der Waals surface area contributed by atoms with Crippen LogP contribution in [0.4, 0.5) is 5.69 Å². The second-order valence-corrected chi connectivity index (χ2v) is 10.7. The monoisotopic (exact) mass is 402 g/mol. The van der Waals surface area contributed by atoms with Crippen molar-refractivity contribution in [2.75, 3.05) is 5.32 Å². The Kier molecular flexibility index (Phi) is 4.05. The molecule has 29 heavy (non-hydrogen) atoms. The van der Waals surface area contributed by atoms with Crippen LogP contribution >= 0.6 is 11.3 Å². The molecule has 3 nitrogen and oxygen atoms in total. The molecule has 1 amide bonds. The molecule has 4 aliphatic rings. The molecule has 4 heteroatoms. The molecule has 0 spiro atoms. The molecule has 4 fully saturated rings. The molecule has 148 valence electrons. The smallest absolute Gasteiger partial charge is 0.224 e. The number of anilines is 1. The summed E-state index contributed by atoms with van der Waals surface area (Å²) >= 11 is 1.71. The molecule has 4 bridgehead atoms. The molecule has 0 unspecified atom stereocenters. The average Bonchev–Trinajstić information content (AvgIpc) is 3.11. The number of aromatic nitrogens is 1. The van der Waals surface area contributed by atoms with E-state index in [1.807, 2.05) is 30.3 Å². The molecule has 1 heterocycles. The Balaban J connectivity index is 1.14. The topological polar surface area (TPSA) is 42.0 Å². The van der Waals surface area contributed by atoms with Gasteiger partial charge in [-0.3, -0.25) is 4.79 Å². The maximum absolute atomic E-state index is 12.8. The second kappa shape index (κ2) is 6.66. The molecule has 4 saturated carbocycles. The fraction of sp³-hybridized carbons (Fsp3) is 0.440. The first-order valence-corrected chi connectivity index (χ1v) is 11.7. The van der Waals surface area contributed by atoms with Crippen LogP contribution in [0.3, 0.4) is 0 Å². The van der Waals surface area contributed by atoms with E-state index in [0.29, 0.717) is 11.8 Å². The Hall–Kier alpha value is -2.20. The summed E-state index contributed by atoms with van der Waals surface area (Å²) in [5, 5.41) is 4.19. The zero-order chi connectivity index (χ0) is 19.4. The van der Waals surface area contributed by atoms with Crippen LogP contribution in [0, 0.1) is 23.2 Å². The van der Waals surface area contributed by atoms with E-state index in [1.165, 1.54) is 43.2 Å². The summed E-state index contributed by atoms with van der Waals surface area (Å²) in [7, 11) is 0. The molecule has 0 saturated heterocycles. The van der Waals surface area contributed by atoms with Crippen molar-refractivity contribution < 1.29 is 4.79 Å². The third kappa shape index (κ3) is 3.28. The largest absolute Gasteiger partial charge is 0.326 e. The minimum Gasteiger partial charge on any atom is -0.326 e. The zero-order valence-electron chi connectivity index (χ0n) is 16.6. The van der Waals surface area contributed by atoms with Crippen LogP contribution in [0.5, 0.6) is 0 Å². The maximum atomic E-state index is 12.8. The number of nitrogens with zero attached hydrogens (tertiary/aromatic N) is 1. The summed E-state index contributed by atoms with van der Waals surface area (Å²) in [6.45, 7) is 0. The maximum Gasteiger partial charge on any atom is 0.224 e. The van der Waals surface area contributed by atoms with Gasteiger partial charge in [0.15, 0.2) is 0 Å². The number of carbonyl (C=O) groups excluding carboxylic acids is 1. The lowest BCUT2D eigenvalue weighted by molar-refractivity contribution is -0.124. The molecule has 7 rings (SSSR count). The lowest BCUT2D eigenvalue weighted by atomic mass is 9.49. The molecule has 0 atom stereocenters. The van der Waals surface area contributed by atoms with E-state index in [0.717, 1.165) is 39.5 Å². The van der Waals surface area contributed by atoms with Gasteiger partial charge in [-0.05, 0) is 98.1 Å². The highest BCUT2D eigenvalue weighted by Gasteiger charge is 2.51. The highest BCUT2D eigenvalue weighted by Crippen LogP contribution is 2.61. The number of hydrogen-bond acceptors (Lipinski definition) is 3. The third-order valence-electron chi connectivity index (χ3n) is 7.41. The van der Waals surface area contributed by atoms with Crippen LogP contribution < -0.4 is 5.32 Å². The summed E-state index contributed by atoms with van der Waals surface area (Å²) < 4.78 is 1.20. The van der Waals surface area contributed by atoms with E-state index in [2.05, 4.69) is 23.5 Å². The normalized spacial score (nSPS) is 30.0. The first-order chi connectivity index (χ1) is 14.1. The molecule has 0 radical (unpaired) electrons. The Morgan fingerprint density at radius 1 is 0.966 bits per heavy atom. The molecule has 1 aromatic heterocycles. The first-order valence-electron chi connectivity index (χ1n) is 10.9. The summed E-state index contributed by atoms with van der Waals surface area (Å²) in [5.74, 6) is 2.87. The van der Waals surface area contributed by atoms with E-state index in [1.54, 1.807) is 11.3 Å². The summed E-state index contributed by atoms with van der Waals surface area (Å²) in [5.41, 5.74) is 3.33. The Morgan fingerprint density at radius 3 is 2.28 bits per heavy atom. The van der Waals surface area contributed by atoms with Crippen LogP contribution in [0.1, 0.15) is 44.9 Å². The van der Waals surface area contributed by atoms with Crippen molar-refractivity contribution in [3.05, 3.63) is 48.5 Å². The van der Waals surface area contributed by atoms with Gasteiger partial charge in [0, 0.05) is 17.7 Å². The first kappa shape index (κ1) is 17.6. The van der Waals surface area contributed by atoms with Gasteiger partial charge < -0.3 is 5.32 Å². The Labute approximate surface area is 175 Å². The van der Waals surface area contributed by atoms with Crippen molar-refractivity contribution in [3.63, 3.8) is 0 Å². The number of amides is 1. The number of nitrogens with one attached hydrogen (secondary N) is 1. The van der Waals surface area contributed by atoms with Gasteiger partial charge in [0.1, 0.15) is 5.01 Å². The standard InChI is InChI=1S/C25H26N2OS/c28-23(15-25-12-16-9-17(13-25)11-18(10-16)14-25)26-20-7-5-19(6-8-20)24-27-21-3-1-2-4-22(21)29-24/h1-8,16-18H,9-15H2,(H,26,28). The fourth-order valence-corrected chi connectivity index (χ4v) is 7.72. The van der Waals surface area contributed by atoms with E-state index >= 15 is 0 Å². The minimum absolute atomic E-state index is 0.194. The van der Waals surface area contributed by atoms with Gasteiger partial charge in [-0.15, -0.1) is 11.3 Å². The second-order valence-electron chi connectivity index (χ2n) is 9.71. The van der Waals surface area contributed by atoms with Crippen molar-refractivity contribution in [1.29, 1.82) is 0 Å². The van der Waals surface area contributed by atoms with Crippen molar-refractivity contribution in [2.45, 2.75) is 44.9 Å². The van der Waals surface area contributed by atoms with Crippen LogP contribution in [0.15, 0.2) is 48.5 Å². The van der Waals surface area contributed by atoms with Gasteiger partial charge in [-0.25, -0.2) is 4.98 Å². The summed E-state index contributed by atoms with van der Waals surface area (Å²) in [6, 6.07) is 16.4. The van der Waals surface area contributed by atoms with Crippen LogP contribution in [-0.4, -0.2) is 10.9 Å². The van der Waals surface area contributed by atoms with Crippen molar-refractivity contribution in [2.24, 2.45) is 23.2 Å². The van der Waals surface area contributed by atoms with E-state index < -0.39 is 0 Å². The Morgan fingerprint density at radius 2 is 1.62 bits per heavy atom. The number of rotatable bonds is 4. The van der Waals surface area contributed by atoms with E-state index in [-0.39, 0.29) is 5.91 Å². The lowest BCUT2D eigenvalue weighted by Crippen LogP contribution is -2.47. The number of thiazole rings is 1. The van der Waals surface area contributed by atoms with Crippen molar-refractivity contribution >= 4 is 33.1 Å². The van der Waals surface area contributed by atoms with Crippen molar-refractivity contribution in [1.82, 2.24) is 4.98 Å². The molecule has 0 aliphatic heterocycles. The highest BCUT2D eigenvalue weighted by molar-refractivity contribution is 7.21. The zero-order valence-corrected chi connectivity index (χ0v) is 17.4. The van der Waals surface area contributed by atoms with E-state index in [4.69, 9.17) is 4.98 Å². The van der Waals surface area contributed by atoms with Gasteiger partial charge in [-0.2, -0.15) is 0 Å². The van der Waals surface area contributed by atoms with Crippen LogP contribution in [-0.2, 0) is 4.79 Å². The Bertz CT molecular complexity index is 1000. The highest BCUT2D eigenvalue weighted by atomic mass is 32.1. The molecular weight excluding hydrogens is 376 g/mol. The third-order valence-corrected chi connectivity index (χ3v) is 8.50. The molecular formula is C25H26N2OS. The SMILES string of the molecule is O=C(CC12CC3CC(CC(C3)C1)C2)Nc1ccc(-c2nc3ccccc3s2)cc1. The summed E-state index contributed by atoms with van der Waals surface area (Å²) in [4.78, 5) is 17.6. The number of fused-ring (bicyclic) bond motifs is 1. The van der Waals surface area contributed by atoms with Crippen LogP contribution in [0.25, 0.3) is 20.8 Å². The molecule has 4 aliphatic carbocycles. The minimum atomic E-state index is 0.194. The van der Waals surface area contributed by atoms with Crippen LogP contribution in [0.2, 0.25) is 0 Å².